The molecule has 3 rings (SSSR count). The van der Waals surface area contributed by atoms with Crippen molar-refractivity contribution in [3.8, 4) is 0 Å². The van der Waals surface area contributed by atoms with Gasteiger partial charge in [0.1, 0.15) is 0 Å². The van der Waals surface area contributed by atoms with Crippen LogP contribution in [0.15, 0.2) is 41.8 Å². The fourth-order valence-electron chi connectivity index (χ4n) is 3.48. The van der Waals surface area contributed by atoms with E-state index >= 15 is 0 Å². The summed E-state index contributed by atoms with van der Waals surface area (Å²) in [5.74, 6) is -0.0365. The van der Waals surface area contributed by atoms with Gasteiger partial charge in [-0.15, -0.1) is 19.0 Å². The fourth-order valence-corrected chi connectivity index (χ4v) is 4.48. The van der Waals surface area contributed by atoms with Crippen LogP contribution in [0, 0.1) is 0 Å². The topological polar surface area (TPSA) is 81.8 Å². The predicted molar refractivity (Wildman–Crippen MR) is 108 cm³/mol. The van der Waals surface area contributed by atoms with Gasteiger partial charge in [-0.05, 0) is 30.7 Å². The Morgan fingerprint density at radius 2 is 1.89 bits per heavy atom. The van der Waals surface area contributed by atoms with Gasteiger partial charge in [-0.3, -0.25) is 9.69 Å². The van der Waals surface area contributed by atoms with Crippen LogP contribution >= 0.6 is 12.4 Å². The Bertz CT molecular complexity index is 748. The van der Waals surface area contributed by atoms with Crippen molar-refractivity contribution in [3.63, 3.8) is 0 Å². The molecule has 0 spiro atoms. The van der Waals surface area contributed by atoms with Gasteiger partial charge in [0.2, 0.25) is 10.0 Å². The number of amides is 1. The van der Waals surface area contributed by atoms with E-state index in [1.165, 1.54) is 18.2 Å². The Balaban J connectivity index is 0.00000261. The second-order valence-corrected chi connectivity index (χ2v) is 8.41. The number of nitrogens with zero attached hydrogens (tertiary/aromatic N) is 2. The standard InChI is InChI=1S/C18H26N4O3S.ClH/c1-2-8-20-26(24,25)17-5-3-15(4-6-17)18(23)22-11-7-16(14-22)21-12-9-19-10-13-21;/h2-6,16,19-20H,1,7-14H2;1H. The molecule has 2 fully saturated rings. The van der Waals surface area contributed by atoms with Crippen LogP contribution in [0.1, 0.15) is 16.8 Å². The van der Waals surface area contributed by atoms with Gasteiger partial charge >= 0.3 is 0 Å². The molecule has 9 heteroatoms. The Morgan fingerprint density at radius 1 is 1.22 bits per heavy atom. The van der Waals surface area contributed by atoms with Crippen molar-refractivity contribution < 1.29 is 13.2 Å². The van der Waals surface area contributed by atoms with Gasteiger partial charge in [0.25, 0.3) is 5.91 Å². The molecule has 0 aliphatic carbocycles. The second-order valence-electron chi connectivity index (χ2n) is 6.64. The number of nitrogens with one attached hydrogen (secondary N) is 2. The summed E-state index contributed by atoms with van der Waals surface area (Å²) in [4.78, 5) is 17.2. The van der Waals surface area contributed by atoms with E-state index in [0.29, 0.717) is 11.6 Å². The normalized spacial score (nSPS) is 20.9. The molecule has 2 N–H and O–H groups in total. The zero-order valence-corrected chi connectivity index (χ0v) is 16.9. The summed E-state index contributed by atoms with van der Waals surface area (Å²) in [6, 6.07) is 6.54. The molecule has 2 saturated heterocycles. The third-order valence-corrected chi connectivity index (χ3v) is 6.39. The number of sulfonamides is 1. The van der Waals surface area contributed by atoms with Gasteiger partial charge in [-0.25, -0.2) is 13.1 Å². The molecule has 1 amide bonds. The first-order valence-electron chi connectivity index (χ1n) is 8.96. The van der Waals surface area contributed by atoms with E-state index in [2.05, 4.69) is 21.5 Å². The molecule has 0 radical (unpaired) electrons. The maximum absolute atomic E-state index is 12.7. The number of carbonyl (C=O) groups excluding carboxylic acids is 1. The summed E-state index contributed by atoms with van der Waals surface area (Å²) in [7, 11) is -3.57. The van der Waals surface area contributed by atoms with Crippen LogP contribution in [0.25, 0.3) is 0 Å². The third kappa shape index (κ3) is 5.30. The highest BCUT2D eigenvalue weighted by molar-refractivity contribution is 7.89. The van der Waals surface area contributed by atoms with Gasteiger partial charge in [-0.1, -0.05) is 6.08 Å². The average molecular weight is 415 g/mol. The number of piperazine rings is 1. The third-order valence-electron chi connectivity index (χ3n) is 4.95. The van der Waals surface area contributed by atoms with Crippen LogP contribution in [-0.4, -0.2) is 76.0 Å². The average Bonchev–Trinajstić information content (AvgIpc) is 3.17. The van der Waals surface area contributed by atoms with Crippen molar-refractivity contribution in [1.82, 2.24) is 19.8 Å². The number of halogens is 1. The van der Waals surface area contributed by atoms with E-state index in [9.17, 15) is 13.2 Å². The quantitative estimate of drug-likeness (QED) is 0.669. The molecule has 7 nitrogen and oxygen atoms in total. The summed E-state index contributed by atoms with van der Waals surface area (Å²) in [5, 5.41) is 3.35. The van der Waals surface area contributed by atoms with E-state index in [4.69, 9.17) is 0 Å². The molecule has 150 valence electrons. The first kappa shape index (κ1) is 21.8. The minimum atomic E-state index is -3.57. The van der Waals surface area contributed by atoms with Gasteiger partial charge in [0.15, 0.2) is 0 Å². The Labute approximate surface area is 167 Å². The van der Waals surface area contributed by atoms with Crippen LogP contribution in [0.4, 0.5) is 0 Å². The molecule has 1 aromatic carbocycles. The first-order valence-corrected chi connectivity index (χ1v) is 10.4. The Kier molecular flexibility index (Phi) is 7.81. The van der Waals surface area contributed by atoms with Crippen molar-refractivity contribution in [3.05, 3.63) is 42.5 Å². The molecule has 27 heavy (non-hydrogen) atoms. The van der Waals surface area contributed by atoms with Crippen molar-refractivity contribution in [1.29, 1.82) is 0 Å². The number of likely N-dealkylation sites (tertiary alicyclic amines) is 1. The van der Waals surface area contributed by atoms with Crippen LogP contribution in [0.3, 0.4) is 0 Å². The Hall–Kier alpha value is -1.45. The maximum atomic E-state index is 12.7. The molecular formula is C18H27ClN4O3S. The summed E-state index contributed by atoms with van der Waals surface area (Å²) >= 11 is 0. The van der Waals surface area contributed by atoms with Crippen LogP contribution in [0.2, 0.25) is 0 Å². The lowest BCUT2D eigenvalue weighted by Gasteiger charge is -2.32. The summed E-state index contributed by atoms with van der Waals surface area (Å²) in [6.45, 7) is 9.20. The SMILES string of the molecule is C=CCNS(=O)(=O)c1ccc(C(=O)N2CCC(N3CCNCC3)C2)cc1.Cl. The molecule has 1 atom stereocenters. The zero-order valence-electron chi connectivity index (χ0n) is 15.3. The van der Waals surface area contributed by atoms with E-state index in [1.54, 1.807) is 12.1 Å². The highest BCUT2D eigenvalue weighted by Gasteiger charge is 2.31. The van der Waals surface area contributed by atoms with Gasteiger partial charge < -0.3 is 10.2 Å². The lowest BCUT2D eigenvalue weighted by Crippen LogP contribution is -2.49. The lowest BCUT2D eigenvalue weighted by molar-refractivity contribution is 0.0773. The molecule has 0 aromatic heterocycles. The van der Waals surface area contributed by atoms with Crippen molar-refractivity contribution >= 4 is 28.3 Å². The predicted octanol–water partition coefficient (Wildman–Crippen LogP) is 0.692. The number of benzene rings is 1. The van der Waals surface area contributed by atoms with E-state index < -0.39 is 10.0 Å². The van der Waals surface area contributed by atoms with Gasteiger partial charge in [0.05, 0.1) is 4.90 Å². The van der Waals surface area contributed by atoms with Crippen LogP contribution < -0.4 is 10.0 Å². The largest absolute Gasteiger partial charge is 0.337 e. The van der Waals surface area contributed by atoms with Gasteiger partial charge in [-0.2, -0.15) is 0 Å². The smallest absolute Gasteiger partial charge is 0.253 e. The number of hydrogen-bond donors (Lipinski definition) is 2. The minimum Gasteiger partial charge on any atom is -0.337 e. The summed E-state index contributed by atoms with van der Waals surface area (Å²) in [5.41, 5.74) is 0.522. The summed E-state index contributed by atoms with van der Waals surface area (Å²) < 4.78 is 26.6. The second kappa shape index (κ2) is 9.66. The number of carbonyl (C=O) groups is 1. The molecule has 2 aliphatic rings. The molecular weight excluding hydrogens is 388 g/mol. The zero-order chi connectivity index (χ0) is 18.6. The van der Waals surface area contributed by atoms with E-state index in [-0.39, 0.29) is 29.8 Å². The monoisotopic (exact) mass is 414 g/mol. The number of hydrogen-bond acceptors (Lipinski definition) is 5. The van der Waals surface area contributed by atoms with Crippen LogP contribution in [-0.2, 0) is 10.0 Å². The maximum Gasteiger partial charge on any atom is 0.253 e. The molecule has 1 aromatic rings. The number of rotatable bonds is 6. The Morgan fingerprint density at radius 3 is 2.52 bits per heavy atom. The molecule has 0 bridgehead atoms. The fraction of sp³-hybridized carbons (Fsp3) is 0.500. The minimum absolute atomic E-state index is 0. The lowest BCUT2D eigenvalue weighted by atomic mass is 10.2. The molecule has 1 unspecified atom stereocenters. The highest BCUT2D eigenvalue weighted by atomic mass is 35.5. The summed E-state index contributed by atoms with van der Waals surface area (Å²) in [6.07, 6.45) is 2.47. The molecule has 2 heterocycles. The van der Waals surface area contributed by atoms with E-state index in [0.717, 1.165) is 45.7 Å². The van der Waals surface area contributed by atoms with Crippen LogP contribution in [0.5, 0.6) is 0 Å². The first-order chi connectivity index (χ1) is 12.5. The van der Waals surface area contributed by atoms with Crippen molar-refractivity contribution in [2.75, 3.05) is 45.8 Å². The van der Waals surface area contributed by atoms with Crippen molar-refractivity contribution in [2.45, 2.75) is 17.4 Å². The molecule has 2 aliphatic heterocycles. The molecule has 0 saturated carbocycles. The van der Waals surface area contributed by atoms with Crippen molar-refractivity contribution in [2.24, 2.45) is 0 Å². The van der Waals surface area contributed by atoms with Gasteiger partial charge in [0, 0.05) is 57.4 Å². The highest BCUT2D eigenvalue weighted by Crippen LogP contribution is 2.19. The van der Waals surface area contributed by atoms with E-state index in [1.807, 2.05) is 4.90 Å².